The van der Waals surface area contributed by atoms with Crippen LogP contribution in [-0.2, 0) is 9.84 Å². The molecule has 0 N–H and O–H groups in total. The van der Waals surface area contributed by atoms with Crippen molar-refractivity contribution >= 4 is 25.8 Å². The number of rotatable bonds is 1. The Balaban J connectivity index is 3.40. The second-order valence-corrected chi connectivity index (χ2v) is 7.38. The number of hydrogen-bond donors (Lipinski definition) is 0. The molecule has 1 aromatic heterocycles. The van der Waals surface area contributed by atoms with Crippen LogP contribution in [-0.4, -0.2) is 18.1 Å². The molecule has 0 saturated heterocycles. The highest BCUT2D eigenvalue weighted by Crippen LogP contribution is 2.28. The van der Waals surface area contributed by atoms with E-state index in [1.54, 1.807) is 32.9 Å². The molecule has 0 amide bonds. The molecular formula is C9H12BrNO2S. The Bertz CT molecular complexity index is 434. The van der Waals surface area contributed by atoms with Gasteiger partial charge in [0.05, 0.1) is 9.22 Å². The van der Waals surface area contributed by atoms with Gasteiger partial charge in [0.25, 0.3) is 0 Å². The first kappa shape index (κ1) is 11.7. The zero-order chi connectivity index (χ0) is 11.0. The highest BCUT2D eigenvalue weighted by molar-refractivity contribution is 9.10. The summed E-state index contributed by atoms with van der Waals surface area (Å²) in [7, 11) is -3.37. The highest BCUT2D eigenvalue weighted by atomic mass is 79.9. The van der Waals surface area contributed by atoms with Crippen LogP contribution in [0.5, 0.6) is 0 Å². The van der Waals surface area contributed by atoms with Crippen LogP contribution < -0.4 is 0 Å². The number of pyridine rings is 1. The van der Waals surface area contributed by atoms with E-state index in [1.165, 1.54) is 6.20 Å². The van der Waals surface area contributed by atoms with E-state index in [0.717, 1.165) is 0 Å². The third-order valence-electron chi connectivity index (χ3n) is 1.79. The van der Waals surface area contributed by atoms with Gasteiger partial charge in [-0.25, -0.2) is 13.4 Å². The van der Waals surface area contributed by atoms with E-state index < -0.39 is 14.6 Å². The zero-order valence-corrected chi connectivity index (χ0v) is 10.7. The van der Waals surface area contributed by atoms with E-state index in [0.29, 0.717) is 4.47 Å². The molecule has 1 rings (SSSR count). The third kappa shape index (κ3) is 1.98. The molecule has 3 nitrogen and oxygen atoms in total. The molecule has 0 fully saturated rings. The van der Waals surface area contributed by atoms with E-state index in [4.69, 9.17) is 0 Å². The summed E-state index contributed by atoms with van der Waals surface area (Å²) in [6.07, 6.45) is 1.48. The van der Waals surface area contributed by atoms with Crippen LogP contribution in [0.4, 0.5) is 0 Å². The standard InChI is InChI=1S/C9H12BrNO2S/c1-9(2,3)14(12,13)8-7(10)5-4-6-11-8/h4-6H,1-3H3. The normalized spacial score (nSPS) is 12.9. The van der Waals surface area contributed by atoms with Gasteiger partial charge in [0.2, 0.25) is 9.84 Å². The average Bonchev–Trinajstić information content (AvgIpc) is 2.02. The maximum absolute atomic E-state index is 12.0. The first-order chi connectivity index (χ1) is 6.27. The molecule has 0 aliphatic heterocycles. The number of halogens is 1. The quantitative estimate of drug-likeness (QED) is 0.792. The van der Waals surface area contributed by atoms with Crippen LogP contribution in [0.2, 0.25) is 0 Å². The average molecular weight is 278 g/mol. The first-order valence-electron chi connectivity index (χ1n) is 4.12. The summed E-state index contributed by atoms with van der Waals surface area (Å²) in [4.78, 5) is 3.88. The summed E-state index contributed by atoms with van der Waals surface area (Å²) in [6.45, 7) is 4.97. The summed E-state index contributed by atoms with van der Waals surface area (Å²) in [6, 6.07) is 3.36. The van der Waals surface area contributed by atoms with Gasteiger partial charge in [-0.15, -0.1) is 0 Å². The molecule has 1 aromatic rings. The highest BCUT2D eigenvalue weighted by Gasteiger charge is 2.33. The first-order valence-corrected chi connectivity index (χ1v) is 6.39. The molecule has 0 unspecified atom stereocenters. The van der Waals surface area contributed by atoms with Crippen LogP contribution in [0, 0.1) is 0 Å². The molecule has 78 valence electrons. The monoisotopic (exact) mass is 277 g/mol. The van der Waals surface area contributed by atoms with E-state index in [9.17, 15) is 8.42 Å². The fraction of sp³-hybridized carbons (Fsp3) is 0.444. The molecule has 0 aliphatic carbocycles. The Labute approximate surface area is 92.6 Å². The lowest BCUT2D eigenvalue weighted by Crippen LogP contribution is -2.28. The van der Waals surface area contributed by atoms with Crippen molar-refractivity contribution in [2.75, 3.05) is 0 Å². The van der Waals surface area contributed by atoms with Crippen LogP contribution in [0.15, 0.2) is 27.8 Å². The van der Waals surface area contributed by atoms with Crippen LogP contribution in [0.25, 0.3) is 0 Å². The maximum Gasteiger partial charge on any atom is 0.201 e. The lowest BCUT2D eigenvalue weighted by Gasteiger charge is -2.18. The van der Waals surface area contributed by atoms with Gasteiger partial charge in [0.1, 0.15) is 0 Å². The predicted molar refractivity (Wildman–Crippen MR) is 58.9 cm³/mol. The fourth-order valence-corrected chi connectivity index (χ4v) is 2.86. The minimum Gasteiger partial charge on any atom is -0.244 e. The van der Waals surface area contributed by atoms with Crippen molar-refractivity contribution in [2.24, 2.45) is 0 Å². The maximum atomic E-state index is 12.0. The SMILES string of the molecule is CC(C)(C)S(=O)(=O)c1ncccc1Br. The Morgan fingerprint density at radius 1 is 1.36 bits per heavy atom. The van der Waals surface area contributed by atoms with E-state index in [2.05, 4.69) is 20.9 Å². The molecular weight excluding hydrogens is 266 g/mol. The topological polar surface area (TPSA) is 47.0 Å². The number of aromatic nitrogens is 1. The number of sulfone groups is 1. The largest absolute Gasteiger partial charge is 0.244 e. The summed E-state index contributed by atoms with van der Waals surface area (Å²) >= 11 is 3.18. The second-order valence-electron chi connectivity index (χ2n) is 3.91. The summed E-state index contributed by atoms with van der Waals surface area (Å²) in [5.74, 6) is 0. The summed E-state index contributed by atoms with van der Waals surface area (Å²) < 4.78 is 23.6. The van der Waals surface area contributed by atoms with Crippen LogP contribution in [0.1, 0.15) is 20.8 Å². The van der Waals surface area contributed by atoms with Gasteiger partial charge in [-0.3, -0.25) is 0 Å². The van der Waals surface area contributed by atoms with E-state index >= 15 is 0 Å². The summed E-state index contributed by atoms with van der Waals surface area (Å²) in [5, 5.41) is 0.104. The number of nitrogens with zero attached hydrogens (tertiary/aromatic N) is 1. The summed E-state index contributed by atoms with van der Waals surface area (Å²) in [5.41, 5.74) is 0. The number of hydrogen-bond acceptors (Lipinski definition) is 3. The molecule has 0 aliphatic rings. The zero-order valence-electron chi connectivity index (χ0n) is 8.28. The lowest BCUT2D eigenvalue weighted by molar-refractivity contribution is 0.555. The molecule has 14 heavy (non-hydrogen) atoms. The van der Waals surface area contributed by atoms with Gasteiger partial charge in [-0.05, 0) is 48.8 Å². The Hall–Kier alpha value is -0.420. The molecule has 0 aromatic carbocycles. The minimum atomic E-state index is -3.37. The molecule has 1 heterocycles. The van der Waals surface area contributed by atoms with Gasteiger partial charge in [-0.1, -0.05) is 0 Å². The molecule has 0 saturated carbocycles. The van der Waals surface area contributed by atoms with Gasteiger partial charge >= 0.3 is 0 Å². The second kappa shape index (κ2) is 3.62. The molecule has 0 bridgehead atoms. The lowest BCUT2D eigenvalue weighted by atomic mass is 10.3. The minimum absolute atomic E-state index is 0.104. The van der Waals surface area contributed by atoms with Gasteiger partial charge in [0.15, 0.2) is 5.03 Å². The van der Waals surface area contributed by atoms with E-state index in [1.807, 2.05) is 0 Å². The predicted octanol–water partition coefficient (Wildman–Crippen LogP) is 2.42. The van der Waals surface area contributed by atoms with Crippen molar-refractivity contribution in [1.82, 2.24) is 4.98 Å². The molecule has 0 radical (unpaired) electrons. The Morgan fingerprint density at radius 3 is 2.36 bits per heavy atom. The van der Waals surface area contributed by atoms with Crippen LogP contribution >= 0.6 is 15.9 Å². The fourth-order valence-electron chi connectivity index (χ4n) is 0.859. The van der Waals surface area contributed by atoms with Crippen molar-refractivity contribution < 1.29 is 8.42 Å². The molecule has 0 spiro atoms. The van der Waals surface area contributed by atoms with Crippen molar-refractivity contribution in [3.05, 3.63) is 22.8 Å². The van der Waals surface area contributed by atoms with Crippen LogP contribution in [0.3, 0.4) is 0 Å². The smallest absolute Gasteiger partial charge is 0.201 e. The van der Waals surface area contributed by atoms with E-state index in [-0.39, 0.29) is 5.03 Å². The van der Waals surface area contributed by atoms with Crippen molar-refractivity contribution in [1.29, 1.82) is 0 Å². The Morgan fingerprint density at radius 2 is 1.93 bits per heavy atom. The third-order valence-corrected chi connectivity index (χ3v) is 5.13. The molecule has 5 heteroatoms. The van der Waals surface area contributed by atoms with Gasteiger partial charge < -0.3 is 0 Å². The Kier molecular flexibility index (Phi) is 3.02. The molecule has 0 atom stereocenters. The van der Waals surface area contributed by atoms with Gasteiger partial charge in [-0.2, -0.15) is 0 Å². The van der Waals surface area contributed by atoms with Crippen molar-refractivity contribution in [3.8, 4) is 0 Å². The van der Waals surface area contributed by atoms with Gasteiger partial charge in [0, 0.05) is 6.20 Å². The van der Waals surface area contributed by atoms with Crippen molar-refractivity contribution in [2.45, 2.75) is 30.5 Å². The van der Waals surface area contributed by atoms with Crippen molar-refractivity contribution in [3.63, 3.8) is 0 Å².